The summed E-state index contributed by atoms with van der Waals surface area (Å²) in [6.07, 6.45) is 5.36. The van der Waals surface area contributed by atoms with Gasteiger partial charge in [-0.1, -0.05) is 43.3 Å². The van der Waals surface area contributed by atoms with Gasteiger partial charge in [0.15, 0.2) is 0 Å². The van der Waals surface area contributed by atoms with Crippen molar-refractivity contribution in [1.29, 1.82) is 0 Å². The van der Waals surface area contributed by atoms with Crippen molar-refractivity contribution in [3.05, 3.63) is 48.6 Å². The van der Waals surface area contributed by atoms with E-state index in [2.05, 4.69) is 43.8 Å². The van der Waals surface area contributed by atoms with Gasteiger partial charge in [-0.3, -0.25) is 0 Å². The lowest BCUT2D eigenvalue weighted by atomic mass is 9.95. The molecule has 15 heavy (non-hydrogen) atoms. The van der Waals surface area contributed by atoms with Crippen LogP contribution in [0.25, 0.3) is 0 Å². The van der Waals surface area contributed by atoms with Crippen LogP contribution in [0.4, 0.5) is 0 Å². The van der Waals surface area contributed by atoms with Gasteiger partial charge in [0.2, 0.25) is 0 Å². The van der Waals surface area contributed by atoms with Gasteiger partial charge in [-0.05, 0) is 30.7 Å². The highest BCUT2D eigenvalue weighted by atomic mass is 14.6. The first kappa shape index (κ1) is 12.0. The number of nitrogens with two attached hydrogens (primary N) is 1. The molecule has 0 saturated carbocycles. The molecular formula is C14H21N. The van der Waals surface area contributed by atoms with Crippen LogP contribution in [0.1, 0.15) is 25.3 Å². The maximum Gasteiger partial charge on any atom is 0.0247 e. The zero-order valence-corrected chi connectivity index (χ0v) is 9.52. The lowest BCUT2D eigenvalue weighted by molar-refractivity contribution is 0.464. The fourth-order valence-corrected chi connectivity index (χ4v) is 1.70. The summed E-state index contributed by atoms with van der Waals surface area (Å²) in [5.74, 6) is 0.534. The van der Waals surface area contributed by atoms with Gasteiger partial charge in [-0.2, -0.15) is 0 Å². The van der Waals surface area contributed by atoms with Crippen molar-refractivity contribution in [2.75, 3.05) is 0 Å². The Bertz CT molecular complexity index is 279. The molecule has 0 saturated heterocycles. The largest absolute Gasteiger partial charge is 0.324 e. The Kier molecular flexibility index (Phi) is 5.13. The molecule has 2 N–H and O–H groups in total. The summed E-state index contributed by atoms with van der Waals surface area (Å²) in [6, 6.07) is 10.7. The highest BCUT2D eigenvalue weighted by molar-refractivity contribution is 5.14. The molecule has 0 radical (unpaired) electrons. The van der Waals surface area contributed by atoms with Crippen LogP contribution in [0.5, 0.6) is 0 Å². The van der Waals surface area contributed by atoms with Crippen molar-refractivity contribution in [3.63, 3.8) is 0 Å². The summed E-state index contributed by atoms with van der Waals surface area (Å²) in [5.41, 5.74) is 7.29. The number of rotatable bonds is 6. The second-order valence-corrected chi connectivity index (χ2v) is 4.17. The third-order valence-corrected chi connectivity index (χ3v) is 2.90. The zero-order valence-electron chi connectivity index (χ0n) is 9.52. The maximum absolute atomic E-state index is 5.88. The van der Waals surface area contributed by atoms with Crippen molar-refractivity contribution in [2.24, 2.45) is 11.7 Å². The molecule has 1 aromatic carbocycles. The summed E-state index contributed by atoms with van der Waals surface area (Å²) < 4.78 is 0. The molecule has 0 aromatic heterocycles. The Hall–Kier alpha value is -1.08. The number of hydrogen-bond acceptors (Lipinski definition) is 1. The molecule has 1 aromatic rings. The normalized spacial score (nSPS) is 14.5. The van der Waals surface area contributed by atoms with E-state index in [0.29, 0.717) is 5.92 Å². The van der Waals surface area contributed by atoms with Gasteiger partial charge >= 0.3 is 0 Å². The molecule has 1 heteroatoms. The molecule has 1 rings (SSSR count). The van der Waals surface area contributed by atoms with Crippen molar-refractivity contribution >= 4 is 0 Å². The third kappa shape index (κ3) is 4.30. The SMILES string of the molecule is C=CC(N)C(C)CCCc1ccccc1. The van der Waals surface area contributed by atoms with Crippen LogP contribution >= 0.6 is 0 Å². The van der Waals surface area contributed by atoms with E-state index in [-0.39, 0.29) is 6.04 Å². The molecule has 2 unspecified atom stereocenters. The summed E-state index contributed by atoms with van der Waals surface area (Å²) >= 11 is 0. The average molecular weight is 203 g/mol. The maximum atomic E-state index is 5.88. The van der Waals surface area contributed by atoms with E-state index in [9.17, 15) is 0 Å². The summed E-state index contributed by atoms with van der Waals surface area (Å²) in [6.45, 7) is 5.91. The fourth-order valence-electron chi connectivity index (χ4n) is 1.70. The van der Waals surface area contributed by atoms with Gasteiger partial charge in [0, 0.05) is 6.04 Å². The summed E-state index contributed by atoms with van der Waals surface area (Å²) in [5, 5.41) is 0. The van der Waals surface area contributed by atoms with E-state index in [1.165, 1.54) is 18.4 Å². The number of hydrogen-bond donors (Lipinski definition) is 1. The van der Waals surface area contributed by atoms with Gasteiger partial charge in [0.25, 0.3) is 0 Å². The minimum Gasteiger partial charge on any atom is -0.324 e. The van der Waals surface area contributed by atoms with Crippen molar-refractivity contribution in [3.8, 4) is 0 Å². The highest BCUT2D eigenvalue weighted by Gasteiger charge is 2.08. The monoisotopic (exact) mass is 203 g/mol. The van der Waals surface area contributed by atoms with Crippen LogP contribution in [0.2, 0.25) is 0 Å². The molecular weight excluding hydrogens is 182 g/mol. The number of aryl methyl sites for hydroxylation is 1. The molecule has 0 bridgehead atoms. The minimum atomic E-state index is 0.140. The third-order valence-electron chi connectivity index (χ3n) is 2.90. The van der Waals surface area contributed by atoms with Gasteiger partial charge < -0.3 is 5.73 Å². The van der Waals surface area contributed by atoms with Crippen LogP contribution in [0, 0.1) is 5.92 Å². The van der Waals surface area contributed by atoms with E-state index in [1.807, 2.05) is 6.08 Å². The van der Waals surface area contributed by atoms with Crippen LogP contribution in [-0.4, -0.2) is 6.04 Å². The van der Waals surface area contributed by atoms with Crippen LogP contribution in [0.15, 0.2) is 43.0 Å². The Morgan fingerprint density at radius 2 is 2.00 bits per heavy atom. The quantitative estimate of drug-likeness (QED) is 0.706. The van der Waals surface area contributed by atoms with E-state index in [1.54, 1.807) is 0 Å². The van der Waals surface area contributed by atoms with E-state index < -0.39 is 0 Å². The van der Waals surface area contributed by atoms with Crippen molar-refractivity contribution < 1.29 is 0 Å². The second-order valence-electron chi connectivity index (χ2n) is 4.17. The first-order chi connectivity index (χ1) is 7.24. The first-order valence-corrected chi connectivity index (χ1v) is 5.66. The van der Waals surface area contributed by atoms with Crippen molar-refractivity contribution in [1.82, 2.24) is 0 Å². The molecule has 0 spiro atoms. The van der Waals surface area contributed by atoms with E-state index in [4.69, 9.17) is 5.73 Å². The Morgan fingerprint density at radius 3 is 2.60 bits per heavy atom. The summed E-state index contributed by atoms with van der Waals surface area (Å²) in [4.78, 5) is 0. The molecule has 82 valence electrons. The molecule has 0 heterocycles. The molecule has 0 aliphatic rings. The van der Waals surface area contributed by atoms with Gasteiger partial charge in [0.1, 0.15) is 0 Å². The van der Waals surface area contributed by atoms with E-state index in [0.717, 1.165) is 6.42 Å². The van der Waals surface area contributed by atoms with Crippen LogP contribution in [0.3, 0.4) is 0 Å². The van der Waals surface area contributed by atoms with E-state index >= 15 is 0 Å². The Morgan fingerprint density at radius 1 is 1.33 bits per heavy atom. The predicted octanol–water partition coefficient (Wildman–Crippen LogP) is 3.16. The minimum absolute atomic E-state index is 0.140. The standard InChI is InChI=1S/C14H21N/c1-3-14(15)12(2)8-7-11-13-9-5-4-6-10-13/h3-6,9-10,12,14H,1,7-8,11,15H2,2H3. The molecule has 2 atom stereocenters. The number of benzene rings is 1. The highest BCUT2D eigenvalue weighted by Crippen LogP contribution is 2.13. The topological polar surface area (TPSA) is 26.0 Å². The average Bonchev–Trinajstić information content (AvgIpc) is 2.29. The van der Waals surface area contributed by atoms with Gasteiger partial charge in [-0.15, -0.1) is 6.58 Å². The van der Waals surface area contributed by atoms with Crippen LogP contribution < -0.4 is 5.73 Å². The summed E-state index contributed by atoms with van der Waals surface area (Å²) in [7, 11) is 0. The molecule has 0 aliphatic carbocycles. The first-order valence-electron chi connectivity index (χ1n) is 5.66. The smallest absolute Gasteiger partial charge is 0.0247 e. The second kappa shape index (κ2) is 6.41. The fraction of sp³-hybridized carbons (Fsp3) is 0.429. The van der Waals surface area contributed by atoms with Crippen LogP contribution in [-0.2, 0) is 6.42 Å². The lowest BCUT2D eigenvalue weighted by Crippen LogP contribution is -2.25. The van der Waals surface area contributed by atoms with Gasteiger partial charge in [0.05, 0.1) is 0 Å². The molecule has 0 fully saturated rings. The van der Waals surface area contributed by atoms with Gasteiger partial charge in [-0.25, -0.2) is 0 Å². The van der Waals surface area contributed by atoms with Crippen molar-refractivity contribution in [2.45, 2.75) is 32.2 Å². The molecule has 1 nitrogen and oxygen atoms in total. The predicted molar refractivity (Wildman–Crippen MR) is 66.7 cm³/mol. The molecule has 0 amide bonds. The zero-order chi connectivity index (χ0) is 11.1. The lowest BCUT2D eigenvalue weighted by Gasteiger charge is -2.15. The molecule has 0 aliphatic heterocycles. The Balaban J connectivity index is 2.25. The Labute approximate surface area is 93.0 Å².